The standard InChI is InChI=1S/C14H23N3O2/c1-10-12(14(16)18)6-3-7-13(10)17-11(9-19-2)5-4-8-15/h3,6-7,11,17H,4-5,8-9,15H2,1-2H3,(H2,16,18). The van der Waals surface area contributed by atoms with Gasteiger partial charge in [0, 0.05) is 24.4 Å². The SMILES string of the molecule is COCC(CCCN)Nc1cccc(C(N)=O)c1C. The van der Waals surface area contributed by atoms with Crippen molar-refractivity contribution in [2.45, 2.75) is 25.8 Å². The number of amides is 1. The van der Waals surface area contributed by atoms with Crippen LogP contribution in [0.15, 0.2) is 18.2 Å². The van der Waals surface area contributed by atoms with Gasteiger partial charge in [0.05, 0.1) is 6.61 Å². The summed E-state index contributed by atoms with van der Waals surface area (Å²) < 4.78 is 5.20. The zero-order valence-corrected chi connectivity index (χ0v) is 11.6. The van der Waals surface area contributed by atoms with Gasteiger partial charge in [-0.2, -0.15) is 0 Å². The maximum atomic E-state index is 11.3. The van der Waals surface area contributed by atoms with Gasteiger partial charge in [0.2, 0.25) is 5.91 Å². The predicted molar refractivity (Wildman–Crippen MR) is 77.3 cm³/mol. The number of ether oxygens (including phenoxy) is 1. The molecule has 106 valence electrons. The van der Waals surface area contributed by atoms with Crippen molar-refractivity contribution in [1.82, 2.24) is 0 Å². The first-order valence-electron chi connectivity index (χ1n) is 6.45. The van der Waals surface area contributed by atoms with E-state index in [1.165, 1.54) is 0 Å². The van der Waals surface area contributed by atoms with Gasteiger partial charge in [-0.3, -0.25) is 4.79 Å². The molecular formula is C14H23N3O2. The van der Waals surface area contributed by atoms with Gasteiger partial charge < -0.3 is 21.5 Å². The first-order chi connectivity index (χ1) is 9.10. The molecule has 0 bridgehead atoms. The van der Waals surface area contributed by atoms with E-state index in [2.05, 4.69) is 5.32 Å². The Balaban J connectivity index is 2.83. The van der Waals surface area contributed by atoms with Crippen molar-refractivity contribution in [3.8, 4) is 0 Å². The normalized spacial score (nSPS) is 12.2. The second-order valence-corrected chi connectivity index (χ2v) is 4.57. The fourth-order valence-corrected chi connectivity index (χ4v) is 2.04. The maximum absolute atomic E-state index is 11.3. The zero-order chi connectivity index (χ0) is 14.3. The van der Waals surface area contributed by atoms with Crippen molar-refractivity contribution in [2.75, 3.05) is 25.6 Å². The van der Waals surface area contributed by atoms with Crippen molar-refractivity contribution in [3.05, 3.63) is 29.3 Å². The molecule has 1 unspecified atom stereocenters. The third kappa shape index (κ3) is 4.54. The molecule has 0 saturated carbocycles. The van der Waals surface area contributed by atoms with Crippen molar-refractivity contribution < 1.29 is 9.53 Å². The van der Waals surface area contributed by atoms with E-state index < -0.39 is 5.91 Å². The summed E-state index contributed by atoms with van der Waals surface area (Å²) in [4.78, 5) is 11.3. The van der Waals surface area contributed by atoms with Crippen LogP contribution in [0.4, 0.5) is 5.69 Å². The van der Waals surface area contributed by atoms with Crippen molar-refractivity contribution in [1.29, 1.82) is 0 Å². The molecule has 0 heterocycles. The monoisotopic (exact) mass is 265 g/mol. The van der Waals surface area contributed by atoms with Crippen LogP contribution in [0.3, 0.4) is 0 Å². The number of nitrogens with two attached hydrogens (primary N) is 2. The predicted octanol–water partition coefficient (Wildman–Crippen LogP) is 1.26. The van der Waals surface area contributed by atoms with Gasteiger partial charge in [0.1, 0.15) is 0 Å². The van der Waals surface area contributed by atoms with Crippen LogP contribution in [0.25, 0.3) is 0 Å². The Morgan fingerprint density at radius 2 is 2.21 bits per heavy atom. The number of hydrogen-bond acceptors (Lipinski definition) is 4. The van der Waals surface area contributed by atoms with E-state index in [4.69, 9.17) is 16.2 Å². The molecule has 1 aromatic rings. The number of hydrogen-bond donors (Lipinski definition) is 3. The molecule has 1 atom stereocenters. The molecule has 0 radical (unpaired) electrons. The van der Waals surface area contributed by atoms with Crippen LogP contribution in [-0.4, -0.2) is 32.2 Å². The Morgan fingerprint density at radius 1 is 1.47 bits per heavy atom. The summed E-state index contributed by atoms with van der Waals surface area (Å²) >= 11 is 0. The minimum absolute atomic E-state index is 0.176. The molecule has 0 saturated heterocycles. The van der Waals surface area contributed by atoms with E-state index in [1.807, 2.05) is 19.1 Å². The summed E-state index contributed by atoms with van der Waals surface area (Å²) in [5.41, 5.74) is 13.2. The zero-order valence-electron chi connectivity index (χ0n) is 11.6. The van der Waals surface area contributed by atoms with Gasteiger partial charge >= 0.3 is 0 Å². The lowest BCUT2D eigenvalue weighted by atomic mass is 10.0. The molecule has 0 aliphatic heterocycles. The highest BCUT2D eigenvalue weighted by Crippen LogP contribution is 2.20. The van der Waals surface area contributed by atoms with Crippen LogP contribution in [0.2, 0.25) is 0 Å². The van der Waals surface area contributed by atoms with Crippen LogP contribution in [0, 0.1) is 6.92 Å². The topological polar surface area (TPSA) is 90.4 Å². The van der Waals surface area contributed by atoms with E-state index in [9.17, 15) is 4.79 Å². The molecule has 0 aliphatic carbocycles. The molecule has 0 aromatic heterocycles. The number of rotatable bonds is 8. The summed E-state index contributed by atoms with van der Waals surface area (Å²) in [6.45, 7) is 3.14. The highest BCUT2D eigenvalue weighted by molar-refractivity contribution is 5.95. The quantitative estimate of drug-likeness (QED) is 0.660. The van der Waals surface area contributed by atoms with Crippen molar-refractivity contribution in [2.24, 2.45) is 11.5 Å². The van der Waals surface area contributed by atoms with Gasteiger partial charge in [-0.1, -0.05) is 6.07 Å². The fraction of sp³-hybridized carbons (Fsp3) is 0.500. The second kappa shape index (κ2) is 7.76. The third-order valence-corrected chi connectivity index (χ3v) is 3.08. The number of nitrogens with one attached hydrogen (secondary N) is 1. The lowest BCUT2D eigenvalue weighted by molar-refractivity contribution is 0.1000. The van der Waals surface area contributed by atoms with E-state index in [1.54, 1.807) is 13.2 Å². The van der Waals surface area contributed by atoms with Crippen LogP contribution >= 0.6 is 0 Å². The number of anilines is 1. The molecule has 0 spiro atoms. The van der Waals surface area contributed by atoms with Crippen LogP contribution < -0.4 is 16.8 Å². The smallest absolute Gasteiger partial charge is 0.249 e. The minimum atomic E-state index is -0.411. The first-order valence-corrected chi connectivity index (χ1v) is 6.45. The first kappa shape index (κ1) is 15.5. The van der Waals surface area contributed by atoms with E-state index in [0.29, 0.717) is 18.7 Å². The minimum Gasteiger partial charge on any atom is -0.383 e. The molecule has 1 amide bonds. The third-order valence-electron chi connectivity index (χ3n) is 3.08. The lowest BCUT2D eigenvalue weighted by Crippen LogP contribution is -2.26. The highest BCUT2D eigenvalue weighted by Gasteiger charge is 2.12. The number of carbonyl (C=O) groups excluding carboxylic acids is 1. The average molecular weight is 265 g/mol. The van der Waals surface area contributed by atoms with Gasteiger partial charge in [0.25, 0.3) is 0 Å². The molecule has 5 N–H and O–H groups in total. The van der Waals surface area contributed by atoms with Crippen LogP contribution in [0.1, 0.15) is 28.8 Å². The molecule has 1 rings (SSSR count). The Hall–Kier alpha value is -1.59. The molecule has 19 heavy (non-hydrogen) atoms. The van der Waals surface area contributed by atoms with E-state index in [0.717, 1.165) is 24.1 Å². The Labute approximate surface area is 114 Å². The second-order valence-electron chi connectivity index (χ2n) is 4.57. The number of methoxy groups -OCH3 is 1. The summed E-state index contributed by atoms with van der Waals surface area (Å²) in [6, 6.07) is 5.67. The molecular weight excluding hydrogens is 242 g/mol. The van der Waals surface area contributed by atoms with Crippen LogP contribution in [-0.2, 0) is 4.74 Å². The summed E-state index contributed by atoms with van der Waals surface area (Å²) in [5, 5.41) is 3.39. The largest absolute Gasteiger partial charge is 0.383 e. The van der Waals surface area contributed by atoms with Gasteiger partial charge in [-0.25, -0.2) is 0 Å². The van der Waals surface area contributed by atoms with Crippen molar-refractivity contribution in [3.63, 3.8) is 0 Å². The number of benzene rings is 1. The Morgan fingerprint density at radius 3 is 2.79 bits per heavy atom. The summed E-state index contributed by atoms with van der Waals surface area (Å²) in [6.07, 6.45) is 1.85. The molecule has 1 aromatic carbocycles. The van der Waals surface area contributed by atoms with E-state index >= 15 is 0 Å². The summed E-state index contributed by atoms with van der Waals surface area (Å²) in [7, 11) is 1.67. The molecule has 0 fully saturated rings. The Kier molecular flexibility index (Phi) is 6.32. The molecule has 5 nitrogen and oxygen atoms in total. The van der Waals surface area contributed by atoms with Crippen molar-refractivity contribution >= 4 is 11.6 Å². The van der Waals surface area contributed by atoms with Gasteiger partial charge in [-0.05, 0) is 44.0 Å². The fourth-order valence-electron chi connectivity index (χ4n) is 2.04. The Bertz CT molecular complexity index is 421. The van der Waals surface area contributed by atoms with Crippen LogP contribution in [0.5, 0.6) is 0 Å². The molecule has 5 heteroatoms. The number of carbonyl (C=O) groups is 1. The average Bonchev–Trinajstić information content (AvgIpc) is 2.38. The molecule has 0 aliphatic rings. The lowest BCUT2D eigenvalue weighted by Gasteiger charge is -2.21. The van der Waals surface area contributed by atoms with Gasteiger partial charge in [0.15, 0.2) is 0 Å². The number of primary amides is 1. The highest BCUT2D eigenvalue weighted by atomic mass is 16.5. The summed E-state index contributed by atoms with van der Waals surface area (Å²) in [5.74, 6) is -0.411. The van der Waals surface area contributed by atoms with E-state index in [-0.39, 0.29) is 6.04 Å². The van der Waals surface area contributed by atoms with Gasteiger partial charge in [-0.15, -0.1) is 0 Å². The maximum Gasteiger partial charge on any atom is 0.249 e.